The maximum absolute atomic E-state index is 5.38. The molecule has 0 saturated carbocycles. The third-order valence-electron chi connectivity index (χ3n) is 4.06. The van der Waals surface area contributed by atoms with Crippen LogP contribution >= 0.6 is 0 Å². The zero-order valence-electron chi connectivity index (χ0n) is 14.3. The fourth-order valence-electron chi connectivity index (χ4n) is 2.69. The van der Waals surface area contributed by atoms with Crippen molar-refractivity contribution in [2.24, 2.45) is 0 Å². The second-order valence-corrected chi connectivity index (χ2v) is 6.07. The van der Waals surface area contributed by atoms with Gasteiger partial charge >= 0.3 is 0 Å². The molecule has 0 saturated heterocycles. The molecule has 0 radical (unpaired) electrons. The molecule has 0 aliphatic carbocycles. The van der Waals surface area contributed by atoms with Gasteiger partial charge in [-0.2, -0.15) is 0 Å². The third kappa shape index (κ3) is 9.50. The van der Waals surface area contributed by atoms with Gasteiger partial charge in [-0.15, -0.1) is 6.42 Å². The van der Waals surface area contributed by atoms with Crippen LogP contribution in [0.15, 0.2) is 24.3 Å². The molecule has 0 atom stereocenters. The lowest BCUT2D eigenvalue weighted by Crippen LogP contribution is -1.93. The van der Waals surface area contributed by atoms with Gasteiger partial charge in [0.1, 0.15) is 12.4 Å². The van der Waals surface area contributed by atoms with Crippen LogP contribution in [0.4, 0.5) is 0 Å². The van der Waals surface area contributed by atoms with Gasteiger partial charge in [-0.25, -0.2) is 0 Å². The average Bonchev–Trinajstić information content (AvgIpc) is 2.56. The van der Waals surface area contributed by atoms with E-state index in [1.54, 1.807) is 0 Å². The first-order valence-corrected chi connectivity index (χ1v) is 9.02. The van der Waals surface area contributed by atoms with Crippen LogP contribution in [0.2, 0.25) is 0 Å². The molecule has 0 N–H and O–H groups in total. The van der Waals surface area contributed by atoms with Gasteiger partial charge in [0, 0.05) is 0 Å². The van der Waals surface area contributed by atoms with E-state index in [1.807, 2.05) is 12.1 Å². The highest BCUT2D eigenvalue weighted by Gasteiger charge is 1.97. The number of aryl methyl sites for hydroxylation is 1. The van der Waals surface area contributed by atoms with Crippen molar-refractivity contribution in [2.75, 3.05) is 6.61 Å². The van der Waals surface area contributed by atoms with Gasteiger partial charge in [0.15, 0.2) is 0 Å². The summed E-state index contributed by atoms with van der Waals surface area (Å²) in [6, 6.07) is 8.34. The van der Waals surface area contributed by atoms with Gasteiger partial charge in [0.05, 0.1) is 0 Å². The molecule has 1 rings (SSSR count). The summed E-state index contributed by atoms with van der Waals surface area (Å²) in [4.78, 5) is 0. The van der Waals surface area contributed by atoms with Crippen LogP contribution in [0.1, 0.15) is 76.7 Å². The van der Waals surface area contributed by atoms with Gasteiger partial charge in [0.25, 0.3) is 0 Å². The van der Waals surface area contributed by atoms with Gasteiger partial charge in [-0.05, 0) is 30.5 Å². The number of benzene rings is 1. The molecule has 22 heavy (non-hydrogen) atoms. The molecule has 0 aliphatic heterocycles. The minimum atomic E-state index is 0.345. The second-order valence-electron chi connectivity index (χ2n) is 6.07. The Balaban J connectivity index is 1.97. The molecule has 0 unspecified atom stereocenters. The summed E-state index contributed by atoms with van der Waals surface area (Å²) in [6.45, 7) is 2.62. The van der Waals surface area contributed by atoms with Crippen LogP contribution in [0.25, 0.3) is 0 Å². The van der Waals surface area contributed by atoms with Crippen molar-refractivity contribution in [3.63, 3.8) is 0 Å². The Morgan fingerprint density at radius 1 is 0.818 bits per heavy atom. The Labute approximate surface area is 137 Å². The summed E-state index contributed by atoms with van der Waals surface area (Å²) in [5, 5.41) is 0. The molecule has 0 bridgehead atoms. The first-order chi connectivity index (χ1) is 10.9. The topological polar surface area (TPSA) is 9.23 Å². The van der Waals surface area contributed by atoms with Crippen molar-refractivity contribution in [3.8, 4) is 18.1 Å². The van der Waals surface area contributed by atoms with Crippen LogP contribution in [0.5, 0.6) is 5.75 Å². The first kappa shape index (κ1) is 18.6. The van der Waals surface area contributed by atoms with Crippen molar-refractivity contribution in [2.45, 2.75) is 77.6 Å². The summed E-state index contributed by atoms with van der Waals surface area (Å²) in [7, 11) is 0. The fraction of sp³-hybridized carbons (Fsp3) is 0.619. The van der Waals surface area contributed by atoms with Crippen LogP contribution in [-0.4, -0.2) is 6.61 Å². The van der Waals surface area contributed by atoms with Gasteiger partial charge < -0.3 is 4.74 Å². The third-order valence-corrected chi connectivity index (χ3v) is 4.06. The van der Waals surface area contributed by atoms with Crippen LogP contribution in [-0.2, 0) is 6.42 Å². The summed E-state index contributed by atoms with van der Waals surface area (Å²) >= 11 is 0. The molecule has 1 nitrogen and oxygen atoms in total. The molecular weight excluding hydrogens is 268 g/mol. The standard InChI is InChI=1S/C21H32O/c1-3-5-6-7-8-9-10-11-12-13-14-20-15-17-21(18-16-20)22-19-4-2/h2,15-18H,3,5-14,19H2,1H3. The molecule has 0 aromatic heterocycles. The van der Waals surface area contributed by atoms with Gasteiger partial charge in [-0.3, -0.25) is 0 Å². The summed E-state index contributed by atoms with van der Waals surface area (Å²) in [6.07, 6.45) is 20.3. The van der Waals surface area contributed by atoms with E-state index in [2.05, 4.69) is 25.0 Å². The Kier molecular flexibility index (Phi) is 11.2. The quantitative estimate of drug-likeness (QED) is 0.313. The summed E-state index contributed by atoms with van der Waals surface area (Å²) < 4.78 is 5.38. The number of hydrogen-bond acceptors (Lipinski definition) is 1. The van der Waals surface area contributed by atoms with Gasteiger partial charge in [0.2, 0.25) is 0 Å². The van der Waals surface area contributed by atoms with E-state index in [9.17, 15) is 0 Å². The molecule has 0 spiro atoms. The van der Waals surface area contributed by atoms with Crippen molar-refractivity contribution < 1.29 is 4.74 Å². The van der Waals surface area contributed by atoms with E-state index in [1.165, 1.54) is 76.2 Å². The van der Waals surface area contributed by atoms with Gasteiger partial charge in [-0.1, -0.05) is 82.8 Å². The van der Waals surface area contributed by atoms with Crippen molar-refractivity contribution in [3.05, 3.63) is 29.8 Å². The highest BCUT2D eigenvalue weighted by atomic mass is 16.5. The predicted octanol–water partition coefficient (Wildman–Crippen LogP) is 6.16. The lowest BCUT2D eigenvalue weighted by Gasteiger charge is -2.05. The van der Waals surface area contributed by atoms with E-state index in [0.717, 1.165) is 5.75 Å². The lowest BCUT2D eigenvalue weighted by molar-refractivity contribution is 0.370. The normalized spacial score (nSPS) is 10.4. The monoisotopic (exact) mass is 300 g/mol. The molecule has 1 aromatic rings. The van der Waals surface area contributed by atoms with Crippen LogP contribution in [0.3, 0.4) is 0 Å². The highest BCUT2D eigenvalue weighted by molar-refractivity contribution is 5.27. The minimum Gasteiger partial charge on any atom is -0.481 e. The Bertz CT molecular complexity index is 399. The number of hydrogen-bond donors (Lipinski definition) is 0. The fourth-order valence-corrected chi connectivity index (χ4v) is 2.69. The van der Waals surface area contributed by atoms with E-state index in [-0.39, 0.29) is 0 Å². The maximum Gasteiger partial charge on any atom is 0.148 e. The second kappa shape index (κ2) is 13.3. The number of terminal acetylenes is 1. The number of ether oxygens (including phenoxy) is 1. The highest BCUT2D eigenvalue weighted by Crippen LogP contribution is 2.15. The molecule has 0 heterocycles. The summed E-state index contributed by atoms with van der Waals surface area (Å²) in [5.74, 6) is 3.35. The van der Waals surface area contributed by atoms with Crippen molar-refractivity contribution >= 4 is 0 Å². The number of unbranched alkanes of at least 4 members (excludes halogenated alkanes) is 9. The van der Waals surface area contributed by atoms with E-state index >= 15 is 0 Å². The summed E-state index contributed by atoms with van der Waals surface area (Å²) in [5.41, 5.74) is 1.40. The van der Waals surface area contributed by atoms with Crippen LogP contribution in [0, 0.1) is 12.3 Å². The molecule has 0 aliphatic rings. The SMILES string of the molecule is C#CCOc1ccc(CCCCCCCCCCCC)cc1. The number of rotatable bonds is 13. The van der Waals surface area contributed by atoms with Crippen LogP contribution < -0.4 is 4.74 Å². The van der Waals surface area contributed by atoms with Crippen molar-refractivity contribution in [1.29, 1.82) is 0 Å². The molecular formula is C21H32O. The molecule has 0 fully saturated rings. The Morgan fingerprint density at radius 2 is 1.36 bits per heavy atom. The first-order valence-electron chi connectivity index (χ1n) is 9.02. The predicted molar refractivity (Wildman–Crippen MR) is 96.3 cm³/mol. The molecule has 1 aromatic carbocycles. The maximum atomic E-state index is 5.38. The molecule has 122 valence electrons. The minimum absolute atomic E-state index is 0.345. The zero-order chi connectivity index (χ0) is 15.9. The van der Waals surface area contributed by atoms with E-state index in [4.69, 9.17) is 11.2 Å². The zero-order valence-corrected chi connectivity index (χ0v) is 14.3. The average molecular weight is 300 g/mol. The molecule has 0 amide bonds. The lowest BCUT2D eigenvalue weighted by atomic mass is 10.0. The van der Waals surface area contributed by atoms with E-state index < -0.39 is 0 Å². The largest absolute Gasteiger partial charge is 0.481 e. The Hall–Kier alpha value is -1.42. The van der Waals surface area contributed by atoms with E-state index in [0.29, 0.717) is 6.61 Å². The van der Waals surface area contributed by atoms with Crippen molar-refractivity contribution in [1.82, 2.24) is 0 Å². The Morgan fingerprint density at radius 3 is 1.91 bits per heavy atom. The molecule has 1 heteroatoms. The smallest absolute Gasteiger partial charge is 0.148 e.